The molecule has 0 amide bonds. The van der Waals surface area contributed by atoms with E-state index in [9.17, 15) is 14.7 Å². The second-order valence-corrected chi connectivity index (χ2v) is 6.49. The first-order valence-electron chi connectivity index (χ1n) is 7.24. The molecule has 0 aliphatic heterocycles. The van der Waals surface area contributed by atoms with Crippen LogP contribution in [0.2, 0.25) is 0 Å². The third-order valence-corrected chi connectivity index (χ3v) is 5.71. The Balaban J connectivity index is 2.20. The number of hydrogen-bond donors (Lipinski definition) is 1. The fraction of sp³-hybridized carbons (Fsp3) is 0.529. The highest BCUT2D eigenvalue weighted by Crippen LogP contribution is 2.53. The van der Waals surface area contributed by atoms with Gasteiger partial charge in [-0.15, -0.1) is 0 Å². The van der Waals surface area contributed by atoms with E-state index in [4.69, 9.17) is 0 Å². The lowest BCUT2D eigenvalue weighted by molar-refractivity contribution is -0.146. The molecule has 0 aromatic carbocycles. The van der Waals surface area contributed by atoms with Gasteiger partial charge in [-0.25, -0.2) is 0 Å². The molecule has 1 saturated carbocycles. The first-order chi connectivity index (χ1) is 9.39. The summed E-state index contributed by atoms with van der Waals surface area (Å²) in [6, 6.07) is 0. The topological polar surface area (TPSA) is 54.4 Å². The number of carbonyl (C=O) groups excluding carboxylic acids is 2. The van der Waals surface area contributed by atoms with E-state index in [1.54, 1.807) is 6.92 Å². The van der Waals surface area contributed by atoms with E-state index in [2.05, 4.69) is 0 Å². The second-order valence-electron chi connectivity index (χ2n) is 6.49. The van der Waals surface area contributed by atoms with Crippen LogP contribution in [0.3, 0.4) is 0 Å². The second kappa shape index (κ2) is 4.26. The summed E-state index contributed by atoms with van der Waals surface area (Å²) in [5, 5.41) is 10.9. The van der Waals surface area contributed by atoms with Crippen molar-refractivity contribution in [3.05, 3.63) is 35.5 Å². The van der Waals surface area contributed by atoms with Crippen LogP contribution in [-0.4, -0.2) is 22.8 Å². The van der Waals surface area contributed by atoms with E-state index in [0.29, 0.717) is 5.57 Å². The smallest absolute Gasteiger partial charge is 0.225 e. The molecule has 3 heteroatoms. The van der Waals surface area contributed by atoms with Crippen molar-refractivity contribution in [3.8, 4) is 0 Å². The van der Waals surface area contributed by atoms with E-state index in [1.165, 1.54) is 0 Å². The Bertz CT molecular complexity index is 581. The lowest BCUT2D eigenvalue weighted by atomic mass is 9.52. The molecule has 3 rings (SSSR count). The van der Waals surface area contributed by atoms with Gasteiger partial charge in [0.15, 0.2) is 0 Å². The predicted octanol–water partition coefficient (Wildman–Crippen LogP) is 2.22. The molecule has 0 aromatic heterocycles. The van der Waals surface area contributed by atoms with Crippen LogP contribution in [0.5, 0.6) is 0 Å². The third kappa shape index (κ3) is 1.50. The van der Waals surface area contributed by atoms with Gasteiger partial charge in [-0.3, -0.25) is 9.59 Å². The third-order valence-electron chi connectivity index (χ3n) is 5.71. The van der Waals surface area contributed by atoms with Gasteiger partial charge < -0.3 is 5.11 Å². The lowest BCUT2D eigenvalue weighted by Gasteiger charge is -2.51. The van der Waals surface area contributed by atoms with Crippen molar-refractivity contribution in [2.45, 2.75) is 33.3 Å². The van der Waals surface area contributed by atoms with E-state index in [-0.39, 0.29) is 23.5 Å². The maximum absolute atomic E-state index is 12.4. The van der Waals surface area contributed by atoms with Crippen molar-refractivity contribution in [3.63, 3.8) is 0 Å². The Labute approximate surface area is 119 Å². The molecule has 3 aliphatic carbocycles. The van der Waals surface area contributed by atoms with E-state index < -0.39 is 17.3 Å². The van der Waals surface area contributed by atoms with Crippen LogP contribution in [-0.2, 0) is 9.59 Å². The highest BCUT2D eigenvalue weighted by Gasteiger charge is 2.57. The van der Waals surface area contributed by atoms with Gasteiger partial charge in [0.25, 0.3) is 0 Å². The highest BCUT2D eigenvalue weighted by atomic mass is 16.3. The quantitative estimate of drug-likeness (QED) is 0.688. The van der Waals surface area contributed by atoms with Gasteiger partial charge in [-0.05, 0) is 17.9 Å². The van der Waals surface area contributed by atoms with Gasteiger partial charge in [0.1, 0.15) is 0 Å². The Morgan fingerprint density at radius 2 is 2.00 bits per heavy atom. The molecule has 106 valence electrons. The van der Waals surface area contributed by atoms with Gasteiger partial charge in [-0.2, -0.15) is 0 Å². The molecule has 0 radical (unpaired) electrons. The van der Waals surface area contributed by atoms with Gasteiger partial charge in [-0.1, -0.05) is 45.1 Å². The number of ketones is 2. The summed E-state index contributed by atoms with van der Waals surface area (Å²) >= 11 is 0. The summed E-state index contributed by atoms with van der Waals surface area (Å²) < 4.78 is 0. The van der Waals surface area contributed by atoms with Crippen LogP contribution in [0.1, 0.15) is 27.2 Å². The van der Waals surface area contributed by atoms with Crippen LogP contribution in [0.4, 0.5) is 0 Å². The minimum atomic E-state index is -0.627. The van der Waals surface area contributed by atoms with Crippen molar-refractivity contribution in [2.24, 2.45) is 23.2 Å². The Kier molecular flexibility index (Phi) is 2.87. The average Bonchev–Trinajstić information content (AvgIpc) is 2.46. The normalized spacial score (nSPS) is 43.6. The van der Waals surface area contributed by atoms with Gasteiger partial charge in [0, 0.05) is 22.8 Å². The van der Waals surface area contributed by atoms with Crippen LogP contribution in [0.25, 0.3) is 0 Å². The summed E-state index contributed by atoms with van der Waals surface area (Å²) in [7, 11) is 0. The van der Waals surface area contributed by atoms with Gasteiger partial charge >= 0.3 is 0 Å². The zero-order valence-corrected chi connectivity index (χ0v) is 12.1. The SMILES string of the molecule is CC1C(=O)C(=O)C2=CC3=CC=CCC3C(O)C2(C)C1C. The number of fused-ring (bicyclic) bond motifs is 2. The molecule has 0 spiro atoms. The van der Waals surface area contributed by atoms with Gasteiger partial charge in [0.05, 0.1) is 6.10 Å². The molecule has 3 nitrogen and oxygen atoms in total. The molecular formula is C17H20O3. The first-order valence-corrected chi connectivity index (χ1v) is 7.24. The Morgan fingerprint density at radius 1 is 1.30 bits per heavy atom. The molecule has 0 heterocycles. The summed E-state index contributed by atoms with van der Waals surface area (Å²) in [6.45, 7) is 5.70. The molecule has 5 unspecified atom stereocenters. The maximum atomic E-state index is 12.4. The fourth-order valence-corrected chi connectivity index (χ4v) is 3.94. The van der Waals surface area contributed by atoms with Crippen molar-refractivity contribution in [1.82, 2.24) is 0 Å². The minimum absolute atomic E-state index is 0.0319. The van der Waals surface area contributed by atoms with Crippen molar-refractivity contribution in [2.75, 3.05) is 0 Å². The fourth-order valence-electron chi connectivity index (χ4n) is 3.94. The number of aliphatic hydroxyl groups is 1. The number of rotatable bonds is 0. The van der Waals surface area contributed by atoms with E-state index in [0.717, 1.165) is 12.0 Å². The highest BCUT2D eigenvalue weighted by molar-refractivity contribution is 6.45. The van der Waals surface area contributed by atoms with Crippen LogP contribution in [0.15, 0.2) is 35.5 Å². The van der Waals surface area contributed by atoms with Gasteiger partial charge in [0.2, 0.25) is 11.6 Å². The van der Waals surface area contributed by atoms with Crippen molar-refractivity contribution in [1.29, 1.82) is 0 Å². The number of hydrogen-bond acceptors (Lipinski definition) is 3. The van der Waals surface area contributed by atoms with Crippen LogP contribution in [0, 0.1) is 23.2 Å². The average molecular weight is 272 g/mol. The van der Waals surface area contributed by atoms with E-state index in [1.807, 2.05) is 38.2 Å². The number of aliphatic hydroxyl groups excluding tert-OH is 1. The predicted molar refractivity (Wildman–Crippen MR) is 75.9 cm³/mol. The maximum Gasteiger partial charge on any atom is 0.225 e. The molecule has 1 fully saturated rings. The molecular weight excluding hydrogens is 252 g/mol. The summed E-state index contributed by atoms with van der Waals surface area (Å²) in [5.74, 6) is -1.07. The van der Waals surface area contributed by atoms with Crippen LogP contribution < -0.4 is 0 Å². The minimum Gasteiger partial charge on any atom is -0.392 e. The van der Waals surface area contributed by atoms with Crippen molar-refractivity contribution >= 4 is 11.6 Å². The van der Waals surface area contributed by atoms with E-state index >= 15 is 0 Å². The largest absolute Gasteiger partial charge is 0.392 e. The molecule has 20 heavy (non-hydrogen) atoms. The molecule has 5 atom stereocenters. The number of carbonyl (C=O) groups is 2. The van der Waals surface area contributed by atoms with Crippen LogP contribution >= 0.6 is 0 Å². The zero-order chi connectivity index (χ0) is 14.7. The van der Waals surface area contributed by atoms with Crippen molar-refractivity contribution < 1.29 is 14.7 Å². The zero-order valence-electron chi connectivity index (χ0n) is 12.1. The summed E-state index contributed by atoms with van der Waals surface area (Å²) in [4.78, 5) is 24.5. The molecule has 3 aliphatic rings. The summed E-state index contributed by atoms with van der Waals surface area (Å²) in [5.41, 5.74) is 0.839. The number of Topliss-reactive ketones (excluding diaryl/α,β-unsaturated/α-hetero) is 2. The molecule has 0 aromatic rings. The monoisotopic (exact) mass is 272 g/mol. The Hall–Kier alpha value is -1.48. The summed E-state index contributed by atoms with van der Waals surface area (Å²) in [6.07, 6.45) is 7.94. The number of allylic oxidation sites excluding steroid dienone is 4. The first kappa shape index (κ1) is 13.5. The molecule has 1 N–H and O–H groups in total. The standard InChI is InChI=1S/C17H20O3/c1-9-10(2)17(3)13(15(19)14(9)18)8-11-6-4-5-7-12(11)16(17)20/h4-6,8-10,12,16,20H,7H2,1-3H3. The molecule has 0 saturated heterocycles. The molecule has 0 bridgehead atoms. The lowest BCUT2D eigenvalue weighted by Crippen LogP contribution is -2.56. The Morgan fingerprint density at radius 3 is 2.70 bits per heavy atom.